The second-order valence-electron chi connectivity index (χ2n) is 7.51. The molecule has 0 aromatic rings. The quantitative estimate of drug-likeness (QED) is 0.622. The fourth-order valence-electron chi connectivity index (χ4n) is 1.65. The first-order valence-electron chi connectivity index (χ1n) is 7.39. The molecule has 1 amide bonds. The minimum atomic E-state index is -1.56. The topological polar surface area (TPSA) is 80.0 Å². The van der Waals surface area contributed by atoms with Crippen LogP contribution in [0.1, 0.15) is 20.8 Å². The van der Waals surface area contributed by atoms with Gasteiger partial charge in [-0.3, -0.25) is 4.79 Å². The number of nitrogens with zero attached hydrogens (tertiary/aromatic N) is 3. The van der Waals surface area contributed by atoms with Crippen molar-refractivity contribution in [3.8, 4) is 28.9 Å². The van der Waals surface area contributed by atoms with Crippen LogP contribution in [0.3, 0.4) is 0 Å². The maximum Gasteiger partial charge on any atom is 0.230 e. The number of anilines is 1. The number of amides is 1. The fraction of sp³-hybridized carbons (Fsp3) is 0.438. The number of aromatic hydroxyl groups is 1. The molecule has 6 nitrogen and oxygen atoms in total. The zero-order chi connectivity index (χ0) is 17.4. The summed E-state index contributed by atoms with van der Waals surface area (Å²) >= 11 is 0. The molecule has 0 aliphatic carbocycles. The first kappa shape index (κ1) is 17.0. The summed E-state index contributed by atoms with van der Waals surface area (Å²) in [5, 5.41) is 13.1. The van der Waals surface area contributed by atoms with Crippen molar-refractivity contribution in [1.82, 2.24) is 14.5 Å². The summed E-state index contributed by atoms with van der Waals surface area (Å²) in [6.45, 7) is 11.8. The normalized spacial score (nSPS) is 11.9. The third-order valence-electron chi connectivity index (χ3n) is 2.99. The molecule has 0 aromatic heterocycles. The van der Waals surface area contributed by atoms with Gasteiger partial charge in [-0.05, 0) is 6.07 Å². The molecule has 23 heavy (non-hydrogen) atoms. The van der Waals surface area contributed by atoms with Gasteiger partial charge in [-0.1, -0.05) is 40.4 Å². The van der Waals surface area contributed by atoms with E-state index in [1.807, 2.05) is 20.8 Å². The highest BCUT2D eigenvalue weighted by Crippen LogP contribution is 2.31. The largest absolute Gasteiger partial charge is 0.493 e. The predicted octanol–water partition coefficient (Wildman–Crippen LogP) is 2.76. The van der Waals surface area contributed by atoms with E-state index in [1.54, 1.807) is 6.07 Å². The third kappa shape index (κ3) is 4.11. The zero-order valence-corrected chi connectivity index (χ0v) is 15.4. The molecular formula is C16H22N4O2Si. The zero-order valence-electron chi connectivity index (χ0n) is 14.4. The van der Waals surface area contributed by atoms with Crippen LogP contribution >= 0.6 is 0 Å². The molecule has 2 rings (SSSR count). The molecular weight excluding hydrogens is 308 g/mol. The molecule has 7 heteroatoms. The van der Waals surface area contributed by atoms with Gasteiger partial charge in [0, 0.05) is 11.5 Å². The van der Waals surface area contributed by atoms with Crippen molar-refractivity contribution < 1.29 is 9.90 Å². The molecule has 2 aliphatic heterocycles. The van der Waals surface area contributed by atoms with Gasteiger partial charge in [0.25, 0.3) is 0 Å². The SMILES string of the molecule is CC(C)(C)C(=O)Nc1cc2c(O)n(C#C[Si](C)(C)C)cnc-2n1. The molecule has 0 unspecified atom stereocenters. The standard InChI is InChI=1S/C16H22N4O2Si/c1-16(2,3)15(22)19-12-9-11-13(18-12)17-10-20(14(11)21)7-8-23(4,5)6/h9-10,21H,1-6H3,(H,19,22). The van der Waals surface area contributed by atoms with Gasteiger partial charge < -0.3 is 10.4 Å². The van der Waals surface area contributed by atoms with Crippen molar-refractivity contribution in [2.75, 3.05) is 5.32 Å². The lowest BCUT2D eigenvalue weighted by Crippen LogP contribution is -2.27. The number of nitrogens with one attached hydrogen (secondary N) is 1. The van der Waals surface area contributed by atoms with E-state index in [2.05, 4.69) is 46.5 Å². The lowest BCUT2D eigenvalue weighted by Gasteiger charge is -2.16. The summed E-state index contributed by atoms with van der Waals surface area (Å²) in [6, 6.07) is 4.53. The van der Waals surface area contributed by atoms with Gasteiger partial charge >= 0.3 is 0 Å². The maximum atomic E-state index is 12.0. The molecule has 2 N–H and O–H groups in total. The molecule has 0 saturated heterocycles. The number of fused-ring (bicyclic) bond motifs is 1. The Labute approximate surface area is 137 Å². The minimum absolute atomic E-state index is 0.0236. The van der Waals surface area contributed by atoms with E-state index in [4.69, 9.17) is 0 Å². The molecule has 0 spiro atoms. The Kier molecular flexibility index (Phi) is 4.22. The molecule has 0 fully saturated rings. The van der Waals surface area contributed by atoms with Crippen molar-refractivity contribution in [3.05, 3.63) is 12.4 Å². The summed E-state index contributed by atoms with van der Waals surface area (Å²) in [5.74, 6) is 0.576. The van der Waals surface area contributed by atoms with Crippen LogP contribution in [0.25, 0.3) is 11.4 Å². The Hall–Kier alpha value is -2.33. The summed E-state index contributed by atoms with van der Waals surface area (Å²) in [7, 11) is -1.56. The van der Waals surface area contributed by atoms with E-state index in [0.717, 1.165) is 0 Å². The smallest absolute Gasteiger partial charge is 0.230 e. The van der Waals surface area contributed by atoms with Gasteiger partial charge in [0.1, 0.15) is 20.2 Å². The van der Waals surface area contributed by atoms with E-state index in [1.165, 1.54) is 10.9 Å². The molecule has 122 valence electrons. The monoisotopic (exact) mass is 330 g/mol. The summed E-state index contributed by atoms with van der Waals surface area (Å²) in [6.07, 6.45) is 1.44. The van der Waals surface area contributed by atoms with Gasteiger partial charge in [-0.15, -0.1) is 5.54 Å². The van der Waals surface area contributed by atoms with Gasteiger partial charge in [-0.25, -0.2) is 14.5 Å². The highest BCUT2D eigenvalue weighted by molar-refractivity contribution is 6.83. The average molecular weight is 330 g/mol. The summed E-state index contributed by atoms with van der Waals surface area (Å²) in [4.78, 5) is 20.4. The number of aromatic nitrogens is 3. The van der Waals surface area contributed by atoms with Crippen LogP contribution in [0, 0.1) is 17.0 Å². The van der Waals surface area contributed by atoms with E-state index in [0.29, 0.717) is 17.2 Å². The van der Waals surface area contributed by atoms with Crippen molar-refractivity contribution in [2.45, 2.75) is 40.4 Å². The number of carbonyl (C=O) groups is 1. The lowest BCUT2D eigenvalue weighted by atomic mass is 9.96. The van der Waals surface area contributed by atoms with Crippen LogP contribution in [-0.4, -0.2) is 33.6 Å². The maximum absolute atomic E-state index is 12.0. The Morgan fingerprint density at radius 3 is 2.57 bits per heavy atom. The Morgan fingerprint density at radius 1 is 1.35 bits per heavy atom. The highest BCUT2D eigenvalue weighted by atomic mass is 28.3. The lowest BCUT2D eigenvalue weighted by molar-refractivity contribution is -0.123. The Morgan fingerprint density at radius 2 is 2.00 bits per heavy atom. The highest BCUT2D eigenvalue weighted by Gasteiger charge is 2.24. The van der Waals surface area contributed by atoms with Crippen molar-refractivity contribution in [3.63, 3.8) is 0 Å². The number of carbonyl (C=O) groups excluding carboxylic acids is 1. The van der Waals surface area contributed by atoms with E-state index >= 15 is 0 Å². The fourth-order valence-corrected chi connectivity index (χ4v) is 2.10. The number of rotatable bonds is 1. The van der Waals surface area contributed by atoms with E-state index < -0.39 is 13.5 Å². The first-order chi connectivity index (χ1) is 10.5. The van der Waals surface area contributed by atoms with Crippen LogP contribution in [0.2, 0.25) is 19.6 Å². The van der Waals surface area contributed by atoms with Crippen molar-refractivity contribution in [2.24, 2.45) is 5.41 Å². The third-order valence-corrected chi connectivity index (χ3v) is 3.85. The Bertz CT molecular complexity index is 772. The second-order valence-corrected chi connectivity index (χ2v) is 12.3. The van der Waals surface area contributed by atoms with Crippen LogP contribution in [0.15, 0.2) is 12.4 Å². The minimum Gasteiger partial charge on any atom is -0.493 e. The average Bonchev–Trinajstić information content (AvgIpc) is 2.79. The Balaban J connectivity index is 2.38. The molecule has 0 bridgehead atoms. The van der Waals surface area contributed by atoms with Crippen LogP contribution in [-0.2, 0) is 4.79 Å². The van der Waals surface area contributed by atoms with Crippen LogP contribution in [0.4, 0.5) is 5.82 Å². The van der Waals surface area contributed by atoms with Crippen LogP contribution in [0.5, 0.6) is 5.88 Å². The van der Waals surface area contributed by atoms with Crippen LogP contribution < -0.4 is 5.32 Å². The summed E-state index contributed by atoms with van der Waals surface area (Å²) < 4.78 is 1.39. The second kappa shape index (κ2) is 5.70. The van der Waals surface area contributed by atoms with Crippen molar-refractivity contribution >= 4 is 19.8 Å². The predicted molar refractivity (Wildman–Crippen MR) is 92.9 cm³/mol. The first-order valence-corrected chi connectivity index (χ1v) is 10.9. The molecule has 2 heterocycles. The van der Waals surface area contributed by atoms with Gasteiger partial charge in [0.15, 0.2) is 5.82 Å². The molecule has 0 radical (unpaired) electrons. The van der Waals surface area contributed by atoms with Crippen molar-refractivity contribution in [1.29, 1.82) is 0 Å². The van der Waals surface area contributed by atoms with E-state index in [9.17, 15) is 9.90 Å². The molecule has 0 aromatic carbocycles. The molecule has 0 saturated carbocycles. The summed E-state index contributed by atoms with van der Waals surface area (Å²) in [5.41, 5.74) is 3.10. The number of hydrogen-bond donors (Lipinski definition) is 2. The molecule has 2 aliphatic rings. The van der Waals surface area contributed by atoms with Gasteiger partial charge in [-0.2, -0.15) is 0 Å². The van der Waals surface area contributed by atoms with Gasteiger partial charge in [0.2, 0.25) is 11.8 Å². The van der Waals surface area contributed by atoms with E-state index in [-0.39, 0.29) is 11.8 Å². The molecule has 0 atom stereocenters. The van der Waals surface area contributed by atoms with Gasteiger partial charge in [0.05, 0.1) is 5.56 Å². The number of hydrogen-bond acceptors (Lipinski definition) is 4.